The monoisotopic (exact) mass is 406 g/mol. The van der Waals surface area contributed by atoms with E-state index in [0.717, 1.165) is 34.1 Å². The van der Waals surface area contributed by atoms with Crippen molar-refractivity contribution in [3.63, 3.8) is 0 Å². The second kappa shape index (κ2) is 6.35. The van der Waals surface area contributed by atoms with Crippen LogP contribution in [0.25, 0.3) is 32.1 Å². The van der Waals surface area contributed by atoms with E-state index in [1.54, 1.807) is 24.5 Å². The van der Waals surface area contributed by atoms with Gasteiger partial charge in [0.1, 0.15) is 5.56 Å². The minimum absolute atomic E-state index is 0.171. The van der Waals surface area contributed by atoms with Gasteiger partial charge in [0.2, 0.25) is 5.43 Å². The van der Waals surface area contributed by atoms with Crippen LogP contribution in [0, 0.1) is 0 Å². The lowest BCUT2D eigenvalue weighted by Crippen LogP contribution is -2.19. The van der Waals surface area contributed by atoms with Crippen LogP contribution in [0.5, 0.6) is 5.75 Å². The second-order valence-corrected chi connectivity index (χ2v) is 8.14. The quantitative estimate of drug-likeness (QED) is 0.486. The van der Waals surface area contributed by atoms with E-state index in [0.29, 0.717) is 22.3 Å². The second-order valence-electron chi connectivity index (χ2n) is 7.23. The number of nitrogen functional groups attached to an aromatic ring is 1. The van der Waals surface area contributed by atoms with E-state index in [1.807, 2.05) is 34.2 Å². The summed E-state index contributed by atoms with van der Waals surface area (Å²) in [6.45, 7) is 0. The van der Waals surface area contributed by atoms with Crippen LogP contribution in [0.2, 0.25) is 0 Å². The van der Waals surface area contributed by atoms with Crippen LogP contribution in [0.1, 0.15) is 29.2 Å². The van der Waals surface area contributed by atoms with Crippen molar-refractivity contribution in [1.29, 1.82) is 0 Å². The molecule has 3 N–H and O–H groups in total. The molecule has 1 aliphatic carbocycles. The fourth-order valence-corrected chi connectivity index (χ4v) is 4.94. The standard InChI is InChI=1S/C22H18N2O4S/c1-28-21-12(15-10-29-17-4-2-3-16(23)18(15)17)7-8-13-19(21)24(11-5-6-11)9-14(20(13)25)22(26)27/h2-4,7-11H,5-6,23H2,1H3,(H,26,27). The number of aromatic carboxylic acids is 1. The molecular weight excluding hydrogens is 388 g/mol. The van der Waals surface area contributed by atoms with E-state index in [2.05, 4.69) is 0 Å². The molecule has 0 unspecified atom stereocenters. The molecule has 5 rings (SSSR count). The van der Waals surface area contributed by atoms with E-state index >= 15 is 0 Å². The average molecular weight is 406 g/mol. The van der Waals surface area contributed by atoms with Crippen molar-refractivity contribution < 1.29 is 14.6 Å². The Morgan fingerprint density at radius 2 is 2.03 bits per heavy atom. The topological polar surface area (TPSA) is 94.6 Å². The van der Waals surface area contributed by atoms with Crippen molar-refractivity contribution in [3.05, 3.63) is 57.7 Å². The van der Waals surface area contributed by atoms with E-state index in [9.17, 15) is 14.7 Å². The Balaban J connectivity index is 1.90. The molecule has 4 aromatic rings. The summed E-state index contributed by atoms with van der Waals surface area (Å²) in [6.07, 6.45) is 3.34. The van der Waals surface area contributed by atoms with Crippen molar-refractivity contribution >= 4 is 44.0 Å². The van der Waals surface area contributed by atoms with Crippen molar-refractivity contribution in [3.8, 4) is 16.9 Å². The van der Waals surface area contributed by atoms with Gasteiger partial charge in [0.15, 0.2) is 5.75 Å². The predicted octanol–water partition coefficient (Wildman–Crippen LogP) is 4.51. The number of thiophene rings is 1. The van der Waals surface area contributed by atoms with Gasteiger partial charge in [-0.1, -0.05) is 6.07 Å². The highest BCUT2D eigenvalue weighted by molar-refractivity contribution is 7.17. The summed E-state index contributed by atoms with van der Waals surface area (Å²) < 4.78 is 8.76. The van der Waals surface area contributed by atoms with Gasteiger partial charge < -0.3 is 20.1 Å². The Bertz CT molecular complexity index is 1360. The lowest BCUT2D eigenvalue weighted by Gasteiger charge is -2.17. The van der Waals surface area contributed by atoms with Crippen LogP contribution in [0.15, 0.2) is 46.7 Å². The molecule has 0 radical (unpaired) electrons. The fraction of sp³-hybridized carbons (Fsp3) is 0.182. The number of benzene rings is 2. The van der Waals surface area contributed by atoms with Gasteiger partial charge in [0, 0.05) is 44.5 Å². The zero-order valence-electron chi connectivity index (χ0n) is 15.6. The Hall–Kier alpha value is -3.32. The Morgan fingerprint density at radius 1 is 1.24 bits per heavy atom. The predicted molar refractivity (Wildman–Crippen MR) is 115 cm³/mol. The molecule has 0 spiro atoms. The number of nitrogens with zero attached hydrogens (tertiary/aromatic N) is 1. The summed E-state index contributed by atoms with van der Waals surface area (Å²) in [5.41, 5.74) is 8.63. The molecule has 1 saturated carbocycles. The molecule has 0 bridgehead atoms. The van der Waals surface area contributed by atoms with E-state index in [1.165, 1.54) is 6.20 Å². The maximum absolute atomic E-state index is 12.8. The minimum Gasteiger partial charge on any atom is -0.494 e. The number of hydrogen-bond donors (Lipinski definition) is 2. The van der Waals surface area contributed by atoms with Gasteiger partial charge in [-0.2, -0.15) is 0 Å². The minimum atomic E-state index is -1.22. The molecule has 29 heavy (non-hydrogen) atoms. The summed E-state index contributed by atoms with van der Waals surface area (Å²) in [5, 5.41) is 12.8. The van der Waals surface area contributed by atoms with Gasteiger partial charge >= 0.3 is 5.97 Å². The average Bonchev–Trinajstić information content (AvgIpc) is 3.46. The zero-order valence-corrected chi connectivity index (χ0v) is 16.5. The summed E-state index contributed by atoms with van der Waals surface area (Å²) >= 11 is 1.60. The third-order valence-electron chi connectivity index (χ3n) is 5.44. The van der Waals surface area contributed by atoms with E-state index < -0.39 is 11.4 Å². The highest BCUT2D eigenvalue weighted by atomic mass is 32.1. The number of anilines is 1. The molecule has 0 saturated heterocycles. The molecule has 2 aromatic heterocycles. The van der Waals surface area contributed by atoms with Gasteiger partial charge in [-0.05, 0) is 37.1 Å². The smallest absolute Gasteiger partial charge is 0.341 e. The number of carbonyl (C=O) groups is 1. The van der Waals surface area contributed by atoms with Gasteiger partial charge in [0.25, 0.3) is 0 Å². The van der Waals surface area contributed by atoms with Crippen molar-refractivity contribution in [2.45, 2.75) is 18.9 Å². The first-order valence-corrected chi connectivity index (χ1v) is 10.1. The van der Waals surface area contributed by atoms with Crippen LogP contribution < -0.4 is 15.9 Å². The molecule has 0 amide bonds. The van der Waals surface area contributed by atoms with Crippen molar-refractivity contribution in [2.75, 3.05) is 12.8 Å². The van der Waals surface area contributed by atoms with Crippen molar-refractivity contribution in [1.82, 2.24) is 4.57 Å². The number of carboxylic acids is 1. The Morgan fingerprint density at radius 3 is 2.72 bits per heavy atom. The molecule has 2 aromatic carbocycles. The summed E-state index contributed by atoms with van der Waals surface area (Å²) in [4.78, 5) is 24.4. The number of aromatic nitrogens is 1. The highest BCUT2D eigenvalue weighted by Gasteiger charge is 2.29. The molecule has 146 valence electrons. The first-order chi connectivity index (χ1) is 14.0. The number of ether oxygens (including phenoxy) is 1. The molecule has 7 heteroatoms. The highest BCUT2D eigenvalue weighted by Crippen LogP contribution is 2.45. The normalized spacial score (nSPS) is 13.8. The van der Waals surface area contributed by atoms with Crippen LogP contribution in [-0.2, 0) is 0 Å². The summed E-state index contributed by atoms with van der Waals surface area (Å²) in [6, 6.07) is 9.50. The van der Waals surface area contributed by atoms with E-state index in [-0.39, 0.29) is 11.6 Å². The molecular formula is C22H18N2O4S. The first-order valence-electron chi connectivity index (χ1n) is 9.26. The molecule has 0 aliphatic heterocycles. The molecule has 2 heterocycles. The maximum atomic E-state index is 12.8. The fourth-order valence-electron chi connectivity index (χ4n) is 3.94. The maximum Gasteiger partial charge on any atom is 0.341 e. The molecule has 0 atom stereocenters. The van der Waals surface area contributed by atoms with Crippen LogP contribution in [0.3, 0.4) is 0 Å². The summed E-state index contributed by atoms with van der Waals surface area (Å²) in [7, 11) is 1.57. The number of fused-ring (bicyclic) bond motifs is 2. The number of carboxylic acid groups (broad SMARTS) is 1. The number of methoxy groups -OCH3 is 1. The Kier molecular flexibility index (Phi) is 3.89. The Labute approximate surface area is 169 Å². The van der Waals surface area contributed by atoms with Crippen LogP contribution in [0.4, 0.5) is 5.69 Å². The number of hydrogen-bond acceptors (Lipinski definition) is 5. The largest absolute Gasteiger partial charge is 0.494 e. The van der Waals surface area contributed by atoms with Gasteiger partial charge in [-0.15, -0.1) is 11.3 Å². The van der Waals surface area contributed by atoms with Gasteiger partial charge in [0.05, 0.1) is 18.0 Å². The lowest BCUT2D eigenvalue weighted by atomic mass is 9.99. The molecule has 1 fully saturated rings. The molecule has 6 nitrogen and oxygen atoms in total. The van der Waals surface area contributed by atoms with Crippen LogP contribution >= 0.6 is 11.3 Å². The van der Waals surface area contributed by atoms with Crippen molar-refractivity contribution in [2.24, 2.45) is 0 Å². The third kappa shape index (κ3) is 2.61. The summed E-state index contributed by atoms with van der Waals surface area (Å²) in [5.74, 6) is -0.655. The zero-order chi connectivity index (χ0) is 20.3. The van der Waals surface area contributed by atoms with Gasteiger partial charge in [-0.25, -0.2) is 4.79 Å². The number of nitrogens with two attached hydrogens (primary N) is 1. The molecule has 1 aliphatic rings. The van der Waals surface area contributed by atoms with Gasteiger partial charge in [-0.3, -0.25) is 4.79 Å². The number of rotatable bonds is 4. The third-order valence-corrected chi connectivity index (χ3v) is 6.39. The number of pyridine rings is 1. The van der Waals surface area contributed by atoms with Crippen LogP contribution in [-0.4, -0.2) is 22.8 Å². The lowest BCUT2D eigenvalue weighted by molar-refractivity contribution is 0.0695. The first kappa shape index (κ1) is 17.8. The van der Waals surface area contributed by atoms with E-state index in [4.69, 9.17) is 10.5 Å². The SMILES string of the molecule is COc1c(-c2csc3cccc(N)c23)ccc2c(=O)c(C(=O)O)cn(C3CC3)c12.